The van der Waals surface area contributed by atoms with Crippen LogP contribution in [0, 0.1) is 13.8 Å². The first-order valence-electron chi connectivity index (χ1n) is 10.2. The second-order valence-corrected chi connectivity index (χ2v) is 8.62. The highest BCUT2D eigenvalue weighted by Crippen LogP contribution is 2.45. The second kappa shape index (κ2) is 8.93. The minimum Gasteiger partial charge on any atom is -0.507 e. The molecule has 1 unspecified atom stereocenters. The third kappa shape index (κ3) is 3.99. The zero-order chi connectivity index (χ0) is 23.9. The summed E-state index contributed by atoms with van der Waals surface area (Å²) in [4.78, 5) is 28.0. The summed E-state index contributed by atoms with van der Waals surface area (Å²) in [5.74, 6) is -1.39. The highest BCUT2D eigenvalue weighted by Gasteiger charge is 2.48. The van der Waals surface area contributed by atoms with Crippen LogP contribution in [0.15, 0.2) is 66.2 Å². The fourth-order valence-electron chi connectivity index (χ4n) is 3.96. The summed E-state index contributed by atoms with van der Waals surface area (Å²) >= 11 is 12.2. The van der Waals surface area contributed by atoms with Crippen molar-refractivity contribution in [2.45, 2.75) is 19.9 Å². The topological polar surface area (TPSA) is 66.8 Å². The van der Waals surface area contributed by atoms with Gasteiger partial charge < -0.3 is 9.84 Å². The Kier molecular flexibility index (Phi) is 6.19. The molecular formula is C26H21Cl2NO4. The number of ketones is 1. The fourth-order valence-corrected chi connectivity index (χ4v) is 4.26. The Balaban J connectivity index is 2.00. The van der Waals surface area contributed by atoms with Gasteiger partial charge in [-0.05, 0) is 61.4 Å². The van der Waals surface area contributed by atoms with Crippen LogP contribution in [0.25, 0.3) is 5.76 Å². The molecule has 3 aromatic rings. The molecule has 1 aliphatic heterocycles. The Morgan fingerprint density at radius 2 is 1.67 bits per heavy atom. The lowest BCUT2D eigenvalue weighted by Crippen LogP contribution is -2.29. The third-order valence-corrected chi connectivity index (χ3v) is 6.58. The average Bonchev–Trinajstić information content (AvgIpc) is 3.07. The predicted octanol–water partition coefficient (Wildman–Crippen LogP) is 6.25. The molecule has 0 aliphatic carbocycles. The van der Waals surface area contributed by atoms with Gasteiger partial charge in [0, 0.05) is 16.8 Å². The van der Waals surface area contributed by atoms with Gasteiger partial charge in [0.05, 0.1) is 28.8 Å². The largest absolute Gasteiger partial charge is 0.507 e. The first kappa shape index (κ1) is 22.9. The number of carbonyl (C=O) groups is 2. The molecule has 1 amide bonds. The Morgan fingerprint density at radius 1 is 0.939 bits per heavy atom. The van der Waals surface area contributed by atoms with Crippen molar-refractivity contribution in [2.75, 3.05) is 12.0 Å². The van der Waals surface area contributed by atoms with Crippen molar-refractivity contribution in [1.29, 1.82) is 0 Å². The lowest BCUT2D eigenvalue weighted by molar-refractivity contribution is -0.132. The summed E-state index contributed by atoms with van der Waals surface area (Å²) in [6.45, 7) is 3.90. The van der Waals surface area contributed by atoms with Gasteiger partial charge in [-0.25, -0.2) is 0 Å². The van der Waals surface area contributed by atoms with Gasteiger partial charge in [-0.15, -0.1) is 0 Å². The average molecular weight is 482 g/mol. The van der Waals surface area contributed by atoms with Crippen molar-refractivity contribution in [2.24, 2.45) is 0 Å². The molecule has 1 heterocycles. The minimum absolute atomic E-state index is 0.0545. The van der Waals surface area contributed by atoms with Crippen molar-refractivity contribution >= 4 is 46.3 Å². The zero-order valence-corrected chi connectivity index (χ0v) is 19.7. The van der Waals surface area contributed by atoms with E-state index in [1.54, 1.807) is 36.4 Å². The molecule has 3 aromatic carbocycles. The maximum atomic E-state index is 13.3. The van der Waals surface area contributed by atoms with Crippen molar-refractivity contribution < 1.29 is 19.4 Å². The van der Waals surface area contributed by atoms with Crippen molar-refractivity contribution in [3.05, 3.63) is 98.5 Å². The molecule has 1 aliphatic rings. The van der Waals surface area contributed by atoms with Gasteiger partial charge >= 0.3 is 0 Å². The lowest BCUT2D eigenvalue weighted by Gasteiger charge is -2.27. The molecule has 1 saturated heterocycles. The van der Waals surface area contributed by atoms with E-state index in [1.807, 2.05) is 26.0 Å². The van der Waals surface area contributed by atoms with E-state index in [0.29, 0.717) is 22.0 Å². The van der Waals surface area contributed by atoms with Gasteiger partial charge in [-0.3, -0.25) is 14.5 Å². The van der Waals surface area contributed by atoms with Crippen LogP contribution < -0.4 is 9.64 Å². The number of methoxy groups -OCH3 is 1. The Morgan fingerprint density at radius 3 is 2.33 bits per heavy atom. The summed E-state index contributed by atoms with van der Waals surface area (Å²) in [7, 11) is 1.51. The number of Topliss-reactive ketones (excluding diaryl/α,β-unsaturated/α-hetero) is 1. The number of rotatable bonds is 4. The van der Waals surface area contributed by atoms with E-state index in [4.69, 9.17) is 27.9 Å². The number of aliphatic hydroxyl groups excluding tert-OH is 1. The van der Waals surface area contributed by atoms with E-state index in [9.17, 15) is 14.7 Å². The Bertz CT molecular complexity index is 1320. The number of para-hydroxylation sites is 1. The van der Waals surface area contributed by atoms with Crippen molar-refractivity contribution in [3.8, 4) is 5.75 Å². The maximum Gasteiger partial charge on any atom is 0.300 e. The number of amides is 1. The van der Waals surface area contributed by atoms with E-state index in [2.05, 4.69) is 0 Å². The van der Waals surface area contributed by atoms with Crippen LogP contribution in [0.4, 0.5) is 5.69 Å². The number of benzene rings is 3. The molecule has 0 spiro atoms. The van der Waals surface area contributed by atoms with Crippen LogP contribution in [0.5, 0.6) is 5.75 Å². The summed E-state index contributed by atoms with van der Waals surface area (Å²) in [5, 5.41) is 11.8. The van der Waals surface area contributed by atoms with E-state index in [1.165, 1.54) is 24.1 Å². The smallest absolute Gasteiger partial charge is 0.300 e. The standard InChI is InChI=1S/C26H21Cl2NO4/c1-14-8-10-17(12-15(14)2)29-23(18-6-4-5-7-21(18)33-3)22(25(31)26(29)32)24(30)16-9-11-19(27)20(28)13-16/h4-13,23,30H,1-3H3/b24-22+. The van der Waals surface area contributed by atoms with E-state index in [-0.39, 0.29) is 21.9 Å². The molecule has 7 heteroatoms. The number of hydrogen-bond acceptors (Lipinski definition) is 4. The number of halogens is 2. The highest BCUT2D eigenvalue weighted by molar-refractivity contribution is 6.52. The first-order valence-corrected chi connectivity index (χ1v) is 11.0. The number of nitrogens with zero attached hydrogens (tertiary/aromatic N) is 1. The molecule has 1 atom stereocenters. The quantitative estimate of drug-likeness (QED) is 0.271. The predicted molar refractivity (Wildman–Crippen MR) is 130 cm³/mol. The van der Waals surface area contributed by atoms with Gasteiger partial charge in [0.25, 0.3) is 11.7 Å². The molecule has 1 fully saturated rings. The molecule has 33 heavy (non-hydrogen) atoms. The molecule has 0 aromatic heterocycles. The summed E-state index contributed by atoms with van der Waals surface area (Å²) < 4.78 is 5.53. The maximum absolute atomic E-state index is 13.3. The monoisotopic (exact) mass is 481 g/mol. The van der Waals surface area contributed by atoms with Crippen molar-refractivity contribution in [3.63, 3.8) is 0 Å². The summed E-state index contributed by atoms with van der Waals surface area (Å²) in [6.07, 6.45) is 0. The van der Waals surface area contributed by atoms with Gasteiger partial charge in [0.15, 0.2) is 0 Å². The number of ether oxygens (including phenoxy) is 1. The van der Waals surface area contributed by atoms with Crippen LogP contribution in [-0.4, -0.2) is 23.9 Å². The Hall–Kier alpha value is -3.28. The molecule has 5 nitrogen and oxygen atoms in total. The highest BCUT2D eigenvalue weighted by atomic mass is 35.5. The van der Waals surface area contributed by atoms with E-state index < -0.39 is 17.7 Å². The van der Waals surface area contributed by atoms with Gasteiger partial charge in [-0.1, -0.05) is 47.5 Å². The van der Waals surface area contributed by atoms with Gasteiger partial charge in [-0.2, -0.15) is 0 Å². The van der Waals surface area contributed by atoms with Crippen molar-refractivity contribution in [1.82, 2.24) is 0 Å². The summed E-state index contributed by atoms with van der Waals surface area (Å²) in [5.41, 5.74) is 3.37. The minimum atomic E-state index is -0.905. The van der Waals surface area contributed by atoms with E-state index >= 15 is 0 Å². The van der Waals surface area contributed by atoms with Crippen LogP contribution in [-0.2, 0) is 9.59 Å². The van der Waals surface area contributed by atoms with Crippen LogP contribution in [0.3, 0.4) is 0 Å². The number of anilines is 1. The molecule has 0 radical (unpaired) electrons. The van der Waals surface area contributed by atoms with Crippen LogP contribution >= 0.6 is 23.2 Å². The Labute approximate surface area is 201 Å². The van der Waals surface area contributed by atoms with Crippen LogP contribution in [0.2, 0.25) is 10.0 Å². The molecule has 0 bridgehead atoms. The number of carbonyl (C=O) groups excluding carboxylic acids is 2. The lowest BCUT2D eigenvalue weighted by atomic mass is 9.94. The molecule has 168 valence electrons. The SMILES string of the molecule is COc1ccccc1C1/C(=C(\O)c2ccc(Cl)c(Cl)c2)C(=O)C(=O)N1c1ccc(C)c(C)c1. The number of aliphatic hydroxyl groups is 1. The fraction of sp³-hybridized carbons (Fsp3) is 0.154. The number of hydrogen-bond donors (Lipinski definition) is 1. The first-order chi connectivity index (χ1) is 15.7. The van der Waals surface area contributed by atoms with E-state index in [0.717, 1.165) is 11.1 Å². The molecule has 0 saturated carbocycles. The normalized spacial score (nSPS) is 17.5. The number of aryl methyl sites for hydroxylation is 2. The second-order valence-electron chi connectivity index (χ2n) is 7.81. The molecule has 4 rings (SSSR count). The zero-order valence-electron chi connectivity index (χ0n) is 18.2. The summed E-state index contributed by atoms with van der Waals surface area (Å²) in [6, 6.07) is 16.3. The molecule has 1 N–H and O–H groups in total. The van der Waals surface area contributed by atoms with Gasteiger partial charge in [0.2, 0.25) is 0 Å². The third-order valence-electron chi connectivity index (χ3n) is 5.84. The van der Waals surface area contributed by atoms with Gasteiger partial charge in [0.1, 0.15) is 11.5 Å². The molecular weight excluding hydrogens is 461 g/mol. The van der Waals surface area contributed by atoms with Crippen LogP contribution in [0.1, 0.15) is 28.3 Å².